The lowest BCUT2D eigenvalue weighted by Gasteiger charge is -2.46. The zero-order chi connectivity index (χ0) is 23.8. The molecular formula is C29H32N2O2S. The summed E-state index contributed by atoms with van der Waals surface area (Å²) in [6.45, 7) is 8.51. The number of fused-ring (bicyclic) bond motifs is 2. The second-order valence-electron chi connectivity index (χ2n) is 9.51. The number of nitrogens with zero attached hydrogens (tertiary/aromatic N) is 2. The summed E-state index contributed by atoms with van der Waals surface area (Å²) in [4.78, 5) is 21.0. The average Bonchev–Trinajstić information content (AvgIpc) is 3.16. The SMILES string of the molecule is CCOC(=O)C1=C(C)N2C(=NC3/C(=C\c4ccc(C)cc4)CCCC3C2c2ccc(C)cc2)S1. The molecule has 0 spiro atoms. The predicted octanol–water partition coefficient (Wildman–Crippen LogP) is 6.81. The molecule has 2 heterocycles. The van der Waals surface area contributed by atoms with Crippen LogP contribution in [0.2, 0.25) is 0 Å². The van der Waals surface area contributed by atoms with Crippen LogP contribution in [-0.4, -0.2) is 28.7 Å². The Labute approximate surface area is 206 Å². The molecule has 0 radical (unpaired) electrons. The number of amidine groups is 1. The third-order valence-corrected chi connectivity index (χ3v) is 8.27. The average molecular weight is 473 g/mol. The molecule has 5 heteroatoms. The first-order valence-corrected chi connectivity index (χ1v) is 13.0. The van der Waals surface area contributed by atoms with Crippen LogP contribution in [0.1, 0.15) is 61.4 Å². The fourth-order valence-corrected chi connectivity index (χ4v) is 6.49. The van der Waals surface area contributed by atoms with Crippen molar-refractivity contribution in [1.29, 1.82) is 0 Å². The van der Waals surface area contributed by atoms with Gasteiger partial charge in [0.05, 0.1) is 18.7 Å². The Morgan fingerprint density at radius 2 is 1.76 bits per heavy atom. The zero-order valence-electron chi connectivity index (χ0n) is 20.4. The van der Waals surface area contributed by atoms with Crippen molar-refractivity contribution in [2.24, 2.45) is 10.9 Å². The third kappa shape index (κ3) is 4.22. The molecule has 5 rings (SSSR count). The fourth-order valence-electron chi connectivity index (χ4n) is 5.41. The van der Waals surface area contributed by atoms with Gasteiger partial charge in [0.15, 0.2) is 5.17 Å². The van der Waals surface area contributed by atoms with Crippen LogP contribution in [0.5, 0.6) is 0 Å². The molecule has 176 valence electrons. The van der Waals surface area contributed by atoms with Gasteiger partial charge in [-0.1, -0.05) is 65.7 Å². The lowest BCUT2D eigenvalue weighted by Crippen LogP contribution is -2.45. The molecule has 2 aromatic carbocycles. The van der Waals surface area contributed by atoms with Crippen LogP contribution in [0.4, 0.5) is 0 Å². The Morgan fingerprint density at radius 3 is 2.44 bits per heavy atom. The first-order chi connectivity index (χ1) is 16.5. The van der Waals surface area contributed by atoms with Gasteiger partial charge in [0.1, 0.15) is 4.91 Å². The Hall–Kier alpha value is -2.79. The normalized spacial score (nSPS) is 25.2. The van der Waals surface area contributed by atoms with Gasteiger partial charge in [-0.25, -0.2) is 4.79 Å². The molecule has 3 atom stereocenters. The van der Waals surface area contributed by atoms with Crippen LogP contribution >= 0.6 is 11.8 Å². The standard InChI is InChI=1S/C29H32N2O2S/c1-5-33-28(32)27-20(4)31-26(22-15-11-19(3)12-16-22)24-8-6-7-23(25(24)30-29(31)34-27)17-21-13-9-18(2)10-14-21/h9-17,24-26H,5-8H2,1-4H3/b23-17-. The molecule has 0 aromatic heterocycles. The Balaban J connectivity index is 1.60. The molecule has 2 aliphatic heterocycles. The van der Waals surface area contributed by atoms with Gasteiger partial charge in [0.2, 0.25) is 0 Å². The Kier molecular flexibility index (Phi) is 6.39. The Bertz CT molecular complexity index is 1180. The maximum Gasteiger partial charge on any atom is 0.346 e. The molecule has 0 bridgehead atoms. The van der Waals surface area contributed by atoms with E-state index in [2.05, 4.69) is 73.4 Å². The monoisotopic (exact) mass is 472 g/mol. The van der Waals surface area contributed by atoms with E-state index in [1.54, 1.807) is 0 Å². The van der Waals surface area contributed by atoms with Crippen molar-refractivity contribution in [2.75, 3.05) is 6.61 Å². The van der Waals surface area contributed by atoms with Crippen LogP contribution < -0.4 is 0 Å². The summed E-state index contributed by atoms with van der Waals surface area (Å²) in [5, 5.41) is 0.920. The summed E-state index contributed by atoms with van der Waals surface area (Å²) in [5.41, 5.74) is 7.40. The van der Waals surface area contributed by atoms with Crippen LogP contribution in [0, 0.1) is 19.8 Å². The minimum Gasteiger partial charge on any atom is -0.462 e. The van der Waals surface area contributed by atoms with E-state index < -0.39 is 0 Å². The van der Waals surface area contributed by atoms with E-state index in [9.17, 15) is 4.79 Å². The smallest absolute Gasteiger partial charge is 0.346 e. The number of carbonyl (C=O) groups excluding carboxylic acids is 1. The molecule has 34 heavy (non-hydrogen) atoms. The number of hydrogen-bond donors (Lipinski definition) is 0. The van der Waals surface area contributed by atoms with Gasteiger partial charge < -0.3 is 9.64 Å². The van der Waals surface area contributed by atoms with E-state index >= 15 is 0 Å². The quantitative estimate of drug-likeness (QED) is 0.459. The van der Waals surface area contributed by atoms with Crippen molar-refractivity contribution in [3.05, 3.63) is 87.0 Å². The molecule has 2 aromatic rings. The van der Waals surface area contributed by atoms with Gasteiger partial charge in [-0.05, 0) is 75.4 Å². The summed E-state index contributed by atoms with van der Waals surface area (Å²) in [6.07, 6.45) is 5.68. The van der Waals surface area contributed by atoms with Gasteiger partial charge in [-0.2, -0.15) is 0 Å². The van der Waals surface area contributed by atoms with Crippen molar-refractivity contribution in [3.8, 4) is 0 Å². The lowest BCUT2D eigenvalue weighted by atomic mass is 9.73. The van der Waals surface area contributed by atoms with Crippen LogP contribution in [0.15, 0.2) is 69.7 Å². The molecule has 1 fully saturated rings. The van der Waals surface area contributed by atoms with Crippen LogP contribution in [0.25, 0.3) is 6.08 Å². The van der Waals surface area contributed by atoms with Gasteiger partial charge in [0.25, 0.3) is 0 Å². The highest BCUT2D eigenvalue weighted by Crippen LogP contribution is 2.52. The molecule has 0 N–H and O–H groups in total. The maximum atomic E-state index is 12.7. The van der Waals surface area contributed by atoms with Crippen molar-refractivity contribution < 1.29 is 9.53 Å². The highest BCUT2D eigenvalue weighted by atomic mass is 32.2. The number of esters is 1. The summed E-state index contributed by atoms with van der Waals surface area (Å²) >= 11 is 1.47. The molecule has 0 amide bonds. The van der Waals surface area contributed by atoms with Gasteiger partial charge in [0, 0.05) is 11.6 Å². The van der Waals surface area contributed by atoms with Crippen LogP contribution in [0.3, 0.4) is 0 Å². The number of benzene rings is 2. The fraction of sp³-hybridized carbons (Fsp3) is 0.379. The van der Waals surface area contributed by atoms with E-state index in [1.807, 2.05) is 13.8 Å². The topological polar surface area (TPSA) is 41.9 Å². The van der Waals surface area contributed by atoms with Crippen molar-refractivity contribution >= 4 is 29.0 Å². The summed E-state index contributed by atoms with van der Waals surface area (Å²) in [7, 11) is 0. The summed E-state index contributed by atoms with van der Waals surface area (Å²) < 4.78 is 5.38. The number of aryl methyl sites for hydroxylation is 2. The predicted molar refractivity (Wildman–Crippen MR) is 140 cm³/mol. The van der Waals surface area contributed by atoms with E-state index in [0.717, 1.165) is 30.1 Å². The number of ether oxygens (including phenoxy) is 1. The minimum atomic E-state index is -0.247. The minimum absolute atomic E-state index is 0.120. The highest BCUT2D eigenvalue weighted by molar-refractivity contribution is 8.18. The molecule has 4 nitrogen and oxygen atoms in total. The lowest BCUT2D eigenvalue weighted by molar-refractivity contribution is -0.137. The second kappa shape index (κ2) is 9.46. The molecule has 0 saturated heterocycles. The van der Waals surface area contributed by atoms with Crippen molar-refractivity contribution in [2.45, 2.75) is 59.0 Å². The Morgan fingerprint density at radius 1 is 1.09 bits per heavy atom. The van der Waals surface area contributed by atoms with Crippen LogP contribution in [-0.2, 0) is 9.53 Å². The molecule has 3 unspecified atom stereocenters. The number of thioether (sulfide) groups is 1. The van der Waals surface area contributed by atoms with Crippen molar-refractivity contribution in [3.63, 3.8) is 0 Å². The number of allylic oxidation sites excluding steroid dienone is 1. The molecule has 1 saturated carbocycles. The van der Waals surface area contributed by atoms with Gasteiger partial charge in [-0.3, -0.25) is 4.99 Å². The second-order valence-corrected chi connectivity index (χ2v) is 10.5. The van der Waals surface area contributed by atoms with E-state index in [4.69, 9.17) is 9.73 Å². The van der Waals surface area contributed by atoms with Gasteiger partial charge >= 0.3 is 5.97 Å². The molecule has 1 aliphatic carbocycles. The zero-order valence-corrected chi connectivity index (χ0v) is 21.2. The number of hydrogen-bond acceptors (Lipinski definition) is 5. The van der Waals surface area contributed by atoms with E-state index in [-0.39, 0.29) is 18.1 Å². The number of carbonyl (C=O) groups is 1. The highest BCUT2D eigenvalue weighted by Gasteiger charge is 2.47. The van der Waals surface area contributed by atoms with E-state index in [0.29, 0.717) is 17.4 Å². The number of aliphatic imine (C=N–C) groups is 1. The summed E-state index contributed by atoms with van der Waals surface area (Å²) in [6, 6.07) is 17.9. The largest absolute Gasteiger partial charge is 0.462 e. The van der Waals surface area contributed by atoms with Crippen molar-refractivity contribution in [1.82, 2.24) is 4.90 Å². The third-order valence-electron chi connectivity index (χ3n) is 7.12. The summed E-state index contributed by atoms with van der Waals surface area (Å²) in [5.74, 6) is 0.108. The van der Waals surface area contributed by atoms with E-state index in [1.165, 1.54) is 39.6 Å². The molecule has 3 aliphatic rings. The first kappa shape index (κ1) is 23.0. The van der Waals surface area contributed by atoms with Gasteiger partial charge in [-0.15, -0.1) is 0 Å². The number of rotatable bonds is 4. The maximum absolute atomic E-state index is 12.7. The molecular weight excluding hydrogens is 440 g/mol. The first-order valence-electron chi connectivity index (χ1n) is 12.2.